The van der Waals surface area contributed by atoms with Crippen LogP contribution in [-0.2, 0) is 5.54 Å². The normalized spacial score (nSPS) is 18.6. The smallest absolute Gasteiger partial charge is 0.252 e. The monoisotopic (exact) mass is 582 g/mol. The van der Waals surface area contributed by atoms with Crippen LogP contribution < -0.4 is 10.1 Å². The lowest BCUT2D eigenvalue weighted by atomic mass is 9.95. The van der Waals surface area contributed by atoms with Crippen LogP contribution in [0.1, 0.15) is 71.4 Å². The Balaban J connectivity index is 0.000000573. The van der Waals surface area contributed by atoms with Gasteiger partial charge in [0.05, 0.1) is 18.2 Å². The predicted molar refractivity (Wildman–Crippen MR) is 173 cm³/mol. The molecule has 3 fully saturated rings. The molecule has 220 valence electrons. The summed E-state index contributed by atoms with van der Waals surface area (Å²) in [5.74, 6) is 0.628. The van der Waals surface area contributed by atoms with E-state index < -0.39 is 0 Å². The zero-order chi connectivity index (χ0) is 29.3. The molecule has 0 radical (unpaired) electrons. The fraction of sp³-hybridized carbons (Fsp3) is 0.429. The SMILES string of the molecule is CN1CCC1.COc1ccc(C)c(C(=O)NC2(c3cc(-c4ccc(C(C)N5CCCC5)s4)cc4ncccc34)CC2)c1. The van der Waals surface area contributed by atoms with Crippen molar-refractivity contribution in [1.29, 1.82) is 0 Å². The Bertz CT molecular complexity index is 1570. The van der Waals surface area contributed by atoms with Crippen molar-refractivity contribution >= 4 is 28.1 Å². The molecule has 4 aromatic rings. The van der Waals surface area contributed by atoms with E-state index in [1.54, 1.807) is 7.11 Å². The minimum Gasteiger partial charge on any atom is -0.497 e. The van der Waals surface area contributed by atoms with Gasteiger partial charge in [-0.3, -0.25) is 14.7 Å². The number of methoxy groups -OCH3 is 1. The van der Waals surface area contributed by atoms with Crippen LogP contribution in [0.2, 0.25) is 0 Å². The molecule has 6 nitrogen and oxygen atoms in total. The van der Waals surface area contributed by atoms with Gasteiger partial charge in [0, 0.05) is 32.9 Å². The molecule has 2 aliphatic heterocycles. The molecule has 3 aliphatic rings. The minimum absolute atomic E-state index is 0.0609. The topological polar surface area (TPSA) is 57.7 Å². The van der Waals surface area contributed by atoms with Gasteiger partial charge in [0.2, 0.25) is 0 Å². The van der Waals surface area contributed by atoms with E-state index in [9.17, 15) is 4.79 Å². The number of fused-ring (bicyclic) bond motifs is 1. The Morgan fingerprint density at radius 3 is 2.45 bits per heavy atom. The van der Waals surface area contributed by atoms with Crippen molar-refractivity contribution in [3.63, 3.8) is 0 Å². The highest BCUT2D eigenvalue weighted by atomic mass is 32.1. The molecule has 1 unspecified atom stereocenters. The molecule has 2 saturated heterocycles. The van der Waals surface area contributed by atoms with Crippen molar-refractivity contribution in [2.24, 2.45) is 0 Å². The number of amides is 1. The average Bonchev–Trinajstić information content (AvgIpc) is 3.37. The van der Waals surface area contributed by atoms with Crippen LogP contribution >= 0.6 is 11.3 Å². The minimum atomic E-state index is -0.382. The number of ether oxygens (including phenoxy) is 1. The Hall–Kier alpha value is -3.26. The Morgan fingerprint density at radius 1 is 1.02 bits per heavy atom. The first kappa shape index (κ1) is 28.8. The number of pyridine rings is 1. The van der Waals surface area contributed by atoms with Crippen LogP contribution in [0.15, 0.2) is 60.8 Å². The van der Waals surface area contributed by atoms with Gasteiger partial charge in [0.15, 0.2) is 0 Å². The van der Waals surface area contributed by atoms with Gasteiger partial charge in [-0.2, -0.15) is 0 Å². The standard InChI is InChI=1S/C31H33N3O2S.C4H9N/c1-20-8-9-23(36-3)19-25(20)30(35)33-31(12-13-31)26-17-22(18-27-24(26)7-6-14-32-27)29-11-10-28(37-29)21(2)34-15-4-5-16-34;1-5-3-2-4-5/h6-11,14,17-19,21H,4-5,12-13,15-16H2,1-3H3,(H,33,35);2-4H2,1H3. The highest BCUT2D eigenvalue weighted by Gasteiger charge is 2.47. The molecule has 2 aromatic heterocycles. The molecule has 4 heterocycles. The summed E-state index contributed by atoms with van der Waals surface area (Å²) < 4.78 is 5.37. The first-order valence-electron chi connectivity index (χ1n) is 15.3. The number of nitrogens with zero attached hydrogens (tertiary/aromatic N) is 3. The Labute approximate surface area is 253 Å². The number of thiophene rings is 1. The largest absolute Gasteiger partial charge is 0.497 e. The molecular weight excluding hydrogens is 540 g/mol. The maximum absolute atomic E-state index is 13.5. The molecule has 0 spiro atoms. The second kappa shape index (κ2) is 12.2. The van der Waals surface area contributed by atoms with E-state index in [1.807, 2.05) is 48.7 Å². The van der Waals surface area contributed by atoms with Crippen LogP contribution in [0, 0.1) is 6.92 Å². The zero-order valence-corrected chi connectivity index (χ0v) is 26.1. The number of rotatable bonds is 7. The lowest BCUT2D eigenvalue weighted by Gasteiger charge is -2.24. The Kier molecular flexibility index (Phi) is 8.35. The number of benzene rings is 2. The van der Waals surface area contributed by atoms with Crippen molar-refractivity contribution in [1.82, 2.24) is 20.1 Å². The molecule has 2 aromatic carbocycles. The van der Waals surface area contributed by atoms with E-state index in [1.165, 1.54) is 60.8 Å². The molecule has 1 saturated carbocycles. The van der Waals surface area contributed by atoms with Gasteiger partial charge < -0.3 is 15.0 Å². The van der Waals surface area contributed by atoms with Gasteiger partial charge in [0.25, 0.3) is 5.91 Å². The van der Waals surface area contributed by atoms with E-state index in [-0.39, 0.29) is 11.4 Å². The first-order valence-corrected chi connectivity index (χ1v) is 16.1. The van der Waals surface area contributed by atoms with Gasteiger partial charge in [-0.25, -0.2) is 0 Å². The van der Waals surface area contributed by atoms with Crippen LogP contribution in [-0.4, -0.2) is 61.0 Å². The molecule has 0 bridgehead atoms. The lowest BCUT2D eigenvalue weighted by Crippen LogP contribution is -2.35. The van der Waals surface area contributed by atoms with E-state index in [4.69, 9.17) is 9.72 Å². The number of hydrogen-bond acceptors (Lipinski definition) is 6. The molecule has 1 N–H and O–H groups in total. The fourth-order valence-corrected chi connectivity index (χ4v) is 7.16. The van der Waals surface area contributed by atoms with E-state index in [0.717, 1.165) is 34.9 Å². The van der Waals surface area contributed by atoms with Crippen LogP contribution in [0.4, 0.5) is 0 Å². The second-order valence-electron chi connectivity index (χ2n) is 12.1. The van der Waals surface area contributed by atoms with Crippen LogP contribution in [0.25, 0.3) is 21.3 Å². The van der Waals surface area contributed by atoms with Crippen molar-refractivity contribution in [3.05, 3.63) is 82.4 Å². The van der Waals surface area contributed by atoms with Gasteiger partial charge in [0.1, 0.15) is 5.75 Å². The van der Waals surface area contributed by atoms with Gasteiger partial charge in [-0.05, 0) is 138 Å². The third-order valence-corrected chi connectivity index (χ3v) is 10.4. The van der Waals surface area contributed by atoms with Gasteiger partial charge >= 0.3 is 0 Å². The third-order valence-electron chi connectivity index (χ3n) is 9.12. The van der Waals surface area contributed by atoms with Gasteiger partial charge in [-0.1, -0.05) is 12.1 Å². The number of aryl methyl sites for hydroxylation is 1. The first-order chi connectivity index (χ1) is 20.4. The molecule has 7 heteroatoms. The summed E-state index contributed by atoms with van der Waals surface area (Å²) in [6, 6.07) is 19.2. The zero-order valence-electron chi connectivity index (χ0n) is 25.3. The summed E-state index contributed by atoms with van der Waals surface area (Å²) in [7, 11) is 3.77. The molecule has 1 atom stereocenters. The Morgan fingerprint density at radius 2 is 1.79 bits per heavy atom. The number of carbonyl (C=O) groups is 1. The van der Waals surface area contributed by atoms with Crippen molar-refractivity contribution in [2.45, 2.75) is 57.5 Å². The third kappa shape index (κ3) is 5.96. The predicted octanol–water partition coefficient (Wildman–Crippen LogP) is 7.18. The summed E-state index contributed by atoms with van der Waals surface area (Å²) >= 11 is 1.88. The summed E-state index contributed by atoms with van der Waals surface area (Å²) in [5.41, 5.74) is 4.51. The van der Waals surface area contributed by atoms with E-state index in [0.29, 0.717) is 17.4 Å². The van der Waals surface area contributed by atoms with Crippen LogP contribution in [0.5, 0.6) is 5.75 Å². The second-order valence-corrected chi connectivity index (χ2v) is 13.2. The molecular formula is C35H42N4O2S. The number of hydrogen-bond donors (Lipinski definition) is 1. The van der Waals surface area contributed by atoms with Crippen molar-refractivity contribution in [2.75, 3.05) is 40.3 Å². The van der Waals surface area contributed by atoms with E-state index >= 15 is 0 Å². The van der Waals surface area contributed by atoms with Crippen molar-refractivity contribution in [3.8, 4) is 16.2 Å². The number of aromatic nitrogens is 1. The highest BCUT2D eigenvalue weighted by Crippen LogP contribution is 2.49. The summed E-state index contributed by atoms with van der Waals surface area (Å²) in [5, 5.41) is 4.50. The molecule has 1 aliphatic carbocycles. The number of likely N-dealkylation sites (tertiary alicyclic amines) is 2. The molecule has 7 rings (SSSR count). The highest BCUT2D eigenvalue weighted by molar-refractivity contribution is 7.15. The van der Waals surface area contributed by atoms with E-state index in [2.05, 4.69) is 59.4 Å². The molecule has 42 heavy (non-hydrogen) atoms. The van der Waals surface area contributed by atoms with Crippen LogP contribution in [0.3, 0.4) is 0 Å². The number of nitrogens with one attached hydrogen (secondary N) is 1. The maximum Gasteiger partial charge on any atom is 0.252 e. The molecule has 1 amide bonds. The van der Waals surface area contributed by atoms with Crippen molar-refractivity contribution < 1.29 is 9.53 Å². The quantitative estimate of drug-likeness (QED) is 0.250. The average molecular weight is 583 g/mol. The maximum atomic E-state index is 13.5. The summed E-state index contributed by atoms with van der Waals surface area (Å²) in [4.78, 5) is 25.7. The summed E-state index contributed by atoms with van der Waals surface area (Å²) in [6.07, 6.45) is 7.68. The van der Waals surface area contributed by atoms with Gasteiger partial charge in [-0.15, -0.1) is 11.3 Å². The summed E-state index contributed by atoms with van der Waals surface area (Å²) in [6.45, 7) is 9.30. The lowest BCUT2D eigenvalue weighted by molar-refractivity contribution is 0.0930. The fourth-order valence-electron chi connectivity index (χ4n) is 6.08. The number of carbonyl (C=O) groups excluding carboxylic acids is 1.